The van der Waals surface area contributed by atoms with Crippen molar-refractivity contribution in [3.8, 4) is 0 Å². The quantitative estimate of drug-likeness (QED) is 0.470. The molecule has 1 amide bonds. The Balaban J connectivity index is 1.47. The number of hydrogen-bond donors (Lipinski definition) is 2. The van der Waals surface area contributed by atoms with Crippen LogP contribution in [0.25, 0.3) is 11.0 Å². The van der Waals surface area contributed by atoms with Crippen LogP contribution in [0.5, 0.6) is 0 Å². The third-order valence-corrected chi connectivity index (χ3v) is 5.14. The molecular formula is C24H26N4O. The van der Waals surface area contributed by atoms with Gasteiger partial charge in [0, 0.05) is 24.5 Å². The first-order chi connectivity index (χ1) is 14.1. The zero-order valence-electron chi connectivity index (χ0n) is 16.8. The lowest BCUT2D eigenvalue weighted by molar-refractivity contribution is -0.120. The van der Waals surface area contributed by atoms with E-state index in [-0.39, 0.29) is 17.9 Å². The summed E-state index contributed by atoms with van der Waals surface area (Å²) >= 11 is 0. The number of anilines is 1. The van der Waals surface area contributed by atoms with E-state index in [9.17, 15) is 4.79 Å². The van der Waals surface area contributed by atoms with E-state index in [1.807, 2.05) is 53.4 Å². The minimum atomic E-state index is -0.246. The lowest BCUT2D eigenvalue weighted by Gasteiger charge is -2.22. The Morgan fingerprint density at radius 3 is 2.52 bits per heavy atom. The molecule has 2 aromatic carbocycles. The predicted molar refractivity (Wildman–Crippen MR) is 117 cm³/mol. The number of nitrogens with zero attached hydrogens (tertiary/aromatic N) is 2. The highest BCUT2D eigenvalue weighted by Gasteiger charge is 2.23. The van der Waals surface area contributed by atoms with Gasteiger partial charge < -0.3 is 14.9 Å². The van der Waals surface area contributed by atoms with Gasteiger partial charge in [-0.25, -0.2) is 4.98 Å². The van der Waals surface area contributed by atoms with Crippen molar-refractivity contribution in [2.45, 2.75) is 32.7 Å². The maximum Gasteiger partial charge on any atom is 0.247 e. The van der Waals surface area contributed by atoms with Crippen LogP contribution in [0.4, 0.5) is 5.69 Å². The van der Waals surface area contributed by atoms with Gasteiger partial charge in [-0.3, -0.25) is 4.79 Å². The predicted octanol–water partition coefficient (Wildman–Crippen LogP) is 4.99. The highest BCUT2D eigenvalue weighted by Crippen LogP contribution is 2.23. The normalized spacial score (nSPS) is 12.4. The van der Waals surface area contributed by atoms with E-state index >= 15 is 0 Å². The molecule has 148 valence electrons. The van der Waals surface area contributed by atoms with Crippen LogP contribution < -0.4 is 5.32 Å². The Bertz CT molecular complexity index is 1080. The number of hydrogen-bond acceptors (Lipinski definition) is 2. The molecule has 5 heteroatoms. The average Bonchev–Trinajstić information content (AvgIpc) is 3.36. The van der Waals surface area contributed by atoms with Gasteiger partial charge in [-0.1, -0.05) is 44.2 Å². The minimum Gasteiger partial charge on any atom is -0.342 e. The SMILES string of the molecule is CC(C)[C@@H](C(=O)Nc1ccc2nc(CCc3ccccc3)[nH]c2c1)n1cccc1. The molecule has 2 N–H and O–H groups in total. The maximum absolute atomic E-state index is 12.9. The highest BCUT2D eigenvalue weighted by molar-refractivity contribution is 5.95. The van der Waals surface area contributed by atoms with Crippen molar-refractivity contribution in [3.63, 3.8) is 0 Å². The van der Waals surface area contributed by atoms with Crippen LogP contribution in [-0.2, 0) is 17.6 Å². The first-order valence-corrected chi connectivity index (χ1v) is 10.1. The Labute approximate surface area is 170 Å². The summed E-state index contributed by atoms with van der Waals surface area (Å²) in [6.45, 7) is 4.11. The summed E-state index contributed by atoms with van der Waals surface area (Å²) in [5.74, 6) is 1.13. The molecule has 0 aliphatic rings. The van der Waals surface area contributed by atoms with Gasteiger partial charge in [-0.15, -0.1) is 0 Å². The number of amides is 1. The number of benzene rings is 2. The molecule has 0 unspecified atom stereocenters. The van der Waals surface area contributed by atoms with E-state index < -0.39 is 0 Å². The van der Waals surface area contributed by atoms with E-state index in [1.54, 1.807) is 0 Å². The zero-order chi connectivity index (χ0) is 20.2. The molecule has 2 heterocycles. The first-order valence-electron chi connectivity index (χ1n) is 10.1. The number of aryl methyl sites for hydroxylation is 2. The van der Waals surface area contributed by atoms with Gasteiger partial charge in [0.2, 0.25) is 5.91 Å². The lowest BCUT2D eigenvalue weighted by atomic mass is 10.0. The van der Waals surface area contributed by atoms with Crippen LogP contribution in [0.15, 0.2) is 73.1 Å². The number of aromatic nitrogens is 3. The number of carbonyl (C=O) groups is 1. The molecule has 4 aromatic rings. The van der Waals surface area contributed by atoms with Crippen molar-refractivity contribution in [2.24, 2.45) is 5.92 Å². The highest BCUT2D eigenvalue weighted by atomic mass is 16.2. The molecule has 0 bridgehead atoms. The molecule has 0 aliphatic carbocycles. The van der Waals surface area contributed by atoms with Crippen molar-refractivity contribution < 1.29 is 4.79 Å². The molecular weight excluding hydrogens is 360 g/mol. The van der Waals surface area contributed by atoms with E-state index in [0.29, 0.717) is 0 Å². The summed E-state index contributed by atoms with van der Waals surface area (Å²) in [6.07, 6.45) is 5.66. The second kappa shape index (κ2) is 8.35. The Morgan fingerprint density at radius 2 is 1.79 bits per heavy atom. The number of rotatable bonds is 7. The molecule has 4 rings (SSSR count). The zero-order valence-corrected chi connectivity index (χ0v) is 16.8. The molecule has 0 aliphatic heterocycles. The van der Waals surface area contributed by atoms with Crippen molar-refractivity contribution in [1.29, 1.82) is 0 Å². The first kappa shape index (κ1) is 19.0. The fourth-order valence-corrected chi connectivity index (χ4v) is 3.70. The van der Waals surface area contributed by atoms with Crippen LogP contribution in [0.3, 0.4) is 0 Å². The fourth-order valence-electron chi connectivity index (χ4n) is 3.70. The van der Waals surface area contributed by atoms with Crippen LogP contribution in [0.1, 0.15) is 31.3 Å². The fraction of sp³-hybridized carbons (Fsp3) is 0.250. The Morgan fingerprint density at radius 1 is 1.03 bits per heavy atom. The second-order valence-corrected chi connectivity index (χ2v) is 7.71. The van der Waals surface area contributed by atoms with Crippen LogP contribution >= 0.6 is 0 Å². The van der Waals surface area contributed by atoms with Gasteiger partial charge in [0.1, 0.15) is 11.9 Å². The number of H-pyrrole nitrogens is 1. The molecule has 29 heavy (non-hydrogen) atoms. The number of fused-ring (bicyclic) bond motifs is 1. The van der Waals surface area contributed by atoms with Gasteiger partial charge >= 0.3 is 0 Å². The Hall–Kier alpha value is -3.34. The number of nitrogens with one attached hydrogen (secondary N) is 2. The van der Waals surface area contributed by atoms with Crippen molar-refractivity contribution in [1.82, 2.24) is 14.5 Å². The minimum absolute atomic E-state index is 0.0145. The molecule has 1 atom stereocenters. The van der Waals surface area contributed by atoms with Crippen LogP contribution in [0.2, 0.25) is 0 Å². The van der Waals surface area contributed by atoms with Gasteiger partial charge in [-0.05, 0) is 48.2 Å². The summed E-state index contributed by atoms with van der Waals surface area (Å²) < 4.78 is 1.95. The van der Waals surface area contributed by atoms with Gasteiger partial charge in [0.25, 0.3) is 0 Å². The van der Waals surface area contributed by atoms with E-state index in [4.69, 9.17) is 0 Å². The van der Waals surface area contributed by atoms with Crippen molar-refractivity contribution in [2.75, 3.05) is 5.32 Å². The molecule has 0 saturated heterocycles. The summed E-state index contributed by atoms with van der Waals surface area (Å²) in [5.41, 5.74) is 3.93. The Kier molecular flexibility index (Phi) is 5.47. The molecule has 5 nitrogen and oxygen atoms in total. The average molecular weight is 386 g/mol. The number of carbonyl (C=O) groups excluding carboxylic acids is 1. The lowest BCUT2D eigenvalue weighted by Crippen LogP contribution is -2.29. The third-order valence-electron chi connectivity index (χ3n) is 5.14. The molecule has 0 radical (unpaired) electrons. The van der Waals surface area contributed by atoms with Crippen molar-refractivity contribution in [3.05, 3.63) is 84.4 Å². The number of imidazole rings is 1. The van der Waals surface area contributed by atoms with E-state index in [1.165, 1.54) is 5.56 Å². The summed E-state index contributed by atoms with van der Waals surface area (Å²) in [6, 6.07) is 19.9. The summed E-state index contributed by atoms with van der Waals surface area (Å²) in [4.78, 5) is 21.0. The summed E-state index contributed by atoms with van der Waals surface area (Å²) in [5, 5.41) is 3.06. The van der Waals surface area contributed by atoms with E-state index in [0.717, 1.165) is 35.4 Å². The third kappa shape index (κ3) is 4.40. The van der Waals surface area contributed by atoms with Crippen LogP contribution in [-0.4, -0.2) is 20.4 Å². The molecule has 2 aromatic heterocycles. The topological polar surface area (TPSA) is 62.7 Å². The molecule has 0 saturated carbocycles. The second-order valence-electron chi connectivity index (χ2n) is 7.71. The molecule has 0 spiro atoms. The summed E-state index contributed by atoms with van der Waals surface area (Å²) in [7, 11) is 0. The van der Waals surface area contributed by atoms with Gasteiger partial charge in [0.05, 0.1) is 11.0 Å². The molecule has 0 fully saturated rings. The number of aromatic amines is 1. The smallest absolute Gasteiger partial charge is 0.247 e. The van der Waals surface area contributed by atoms with Crippen LogP contribution in [0, 0.1) is 5.92 Å². The largest absolute Gasteiger partial charge is 0.342 e. The van der Waals surface area contributed by atoms with Crippen molar-refractivity contribution >= 4 is 22.6 Å². The standard InChI is InChI=1S/C24H26N4O/c1-17(2)23(28-14-6-7-15-28)24(29)25-19-11-12-20-21(16-19)27-22(26-20)13-10-18-8-4-3-5-9-18/h3-9,11-12,14-17,23H,10,13H2,1-2H3,(H,25,29)(H,26,27)/t23-/m0/s1. The monoisotopic (exact) mass is 386 g/mol. The van der Waals surface area contributed by atoms with Gasteiger partial charge in [-0.2, -0.15) is 0 Å². The maximum atomic E-state index is 12.9. The van der Waals surface area contributed by atoms with E-state index in [2.05, 4.69) is 53.4 Å². The van der Waals surface area contributed by atoms with Gasteiger partial charge in [0.15, 0.2) is 0 Å².